The van der Waals surface area contributed by atoms with Crippen molar-refractivity contribution in [2.24, 2.45) is 23.7 Å². The molecule has 3 amide bonds. The van der Waals surface area contributed by atoms with E-state index < -0.39 is 0 Å². The molecular formula is C21H18N2O4. The number of hydrogen-bond acceptors (Lipinski definition) is 4. The molecule has 0 unspecified atom stereocenters. The van der Waals surface area contributed by atoms with Crippen LogP contribution in [0.15, 0.2) is 59.2 Å². The molecule has 1 aromatic carbocycles. The Balaban J connectivity index is 1.31. The molecule has 2 heterocycles. The predicted octanol–water partition coefficient (Wildman–Crippen LogP) is 2.52. The van der Waals surface area contributed by atoms with Crippen molar-refractivity contribution in [3.05, 3.63) is 66.1 Å². The van der Waals surface area contributed by atoms with Gasteiger partial charge in [-0.25, -0.2) is 0 Å². The summed E-state index contributed by atoms with van der Waals surface area (Å²) < 4.78 is 5.19. The highest BCUT2D eigenvalue weighted by Gasteiger charge is 2.59. The smallest absolute Gasteiger partial charge is 0.251 e. The number of carbonyl (C=O) groups excluding carboxylic acids is 3. The van der Waals surface area contributed by atoms with E-state index in [4.69, 9.17) is 4.42 Å². The average Bonchev–Trinajstić information content (AvgIpc) is 3.45. The zero-order valence-electron chi connectivity index (χ0n) is 14.5. The molecule has 2 aromatic rings. The molecule has 6 nitrogen and oxygen atoms in total. The molecule has 1 saturated carbocycles. The number of furan rings is 1. The molecule has 0 radical (unpaired) electrons. The van der Waals surface area contributed by atoms with E-state index in [9.17, 15) is 14.4 Å². The first-order chi connectivity index (χ1) is 13.1. The third-order valence-corrected chi connectivity index (χ3v) is 5.86. The van der Waals surface area contributed by atoms with Gasteiger partial charge < -0.3 is 9.73 Å². The van der Waals surface area contributed by atoms with Crippen LogP contribution in [-0.2, 0) is 16.1 Å². The normalized spacial score (nSPS) is 28.1. The highest BCUT2D eigenvalue weighted by molar-refractivity contribution is 6.22. The van der Waals surface area contributed by atoms with E-state index in [1.165, 1.54) is 4.90 Å². The molecule has 3 aliphatic rings. The maximum atomic E-state index is 12.8. The fraction of sp³-hybridized carbons (Fsp3) is 0.286. The zero-order valence-corrected chi connectivity index (χ0v) is 14.5. The minimum absolute atomic E-state index is 0.114. The maximum absolute atomic E-state index is 12.8. The Morgan fingerprint density at radius 1 is 1.04 bits per heavy atom. The first kappa shape index (κ1) is 16.1. The topological polar surface area (TPSA) is 79.6 Å². The number of anilines is 1. The quantitative estimate of drug-likeness (QED) is 0.670. The standard InChI is InChI=1S/C21H18N2O4/c24-19(22-11-16-2-1-9-27-16)12-5-7-15(8-6-12)23-20(25)17-13-3-4-14(10-13)18(17)21(23)26/h1-9,13-14,17-18H,10-11H2,(H,22,24)/t13-,14+,17+,18-. The largest absolute Gasteiger partial charge is 0.467 e. The van der Waals surface area contributed by atoms with Gasteiger partial charge in [-0.3, -0.25) is 19.3 Å². The molecule has 0 spiro atoms. The number of nitrogens with one attached hydrogen (secondary N) is 1. The van der Waals surface area contributed by atoms with Gasteiger partial charge in [0.25, 0.3) is 5.91 Å². The summed E-state index contributed by atoms with van der Waals surface area (Å²) in [5.74, 6) is 0.140. The summed E-state index contributed by atoms with van der Waals surface area (Å²) in [5, 5.41) is 2.77. The summed E-state index contributed by atoms with van der Waals surface area (Å²) in [6.07, 6.45) is 6.62. The SMILES string of the molecule is O=C(NCc1ccco1)c1ccc(N2C(=O)[C@@H]3[C@H](C2=O)[C@H]2C=C[C@@H]3C2)cc1. The lowest BCUT2D eigenvalue weighted by molar-refractivity contribution is -0.123. The molecule has 1 aliphatic heterocycles. The van der Waals surface area contributed by atoms with Crippen LogP contribution in [0, 0.1) is 23.7 Å². The Morgan fingerprint density at radius 3 is 2.30 bits per heavy atom. The van der Waals surface area contributed by atoms with Gasteiger partial charge >= 0.3 is 0 Å². The molecule has 1 N–H and O–H groups in total. The Kier molecular flexibility index (Phi) is 3.53. The molecule has 2 fully saturated rings. The molecule has 136 valence electrons. The zero-order chi connectivity index (χ0) is 18.5. The minimum Gasteiger partial charge on any atom is -0.467 e. The molecule has 2 bridgehead atoms. The average molecular weight is 362 g/mol. The van der Waals surface area contributed by atoms with Crippen LogP contribution >= 0.6 is 0 Å². The number of amides is 3. The lowest BCUT2D eigenvalue weighted by atomic mass is 9.85. The molecule has 27 heavy (non-hydrogen) atoms. The highest BCUT2D eigenvalue weighted by atomic mass is 16.3. The number of benzene rings is 1. The van der Waals surface area contributed by atoms with Crippen LogP contribution in [0.3, 0.4) is 0 Å². The van der Waals surface area contributed by atoms with Crippen LogP contribution in [0.1, 0.15) is 22.5 Å². The van der Waals surface area contributed by atoms with Crippen LogP contribution < -0.4 is 10.2 Å². The van der Waals surface area contributed by atoms with Crippen LogP contribution in [0.4, 0.5) is 5.69 Å². The van der Waals surface area contributed by atoms with E-state index in [-0.39, 0.29) is 41.4 Å². The van der Waals surface area contributed by atoms with E-state index in [0.717, 1.165) is 6.42 Å². The summed E-state index contributed by atoms with van der Waals surface area (Å²) in [7, 11) is 0. The highest BCUT2D eigenvalue weighted by Crippen LogP contribution is 2.53. The van der Waals surface area contributed by atoms with Gasteiger partial charge in [-0.1, -0.05) is 12.2 Å². The lowest BCUT2D eigenvalue weighted by Crippen LogP contribution is -2.32. The third kappa shape index (κ3) is 2.44. The second kappa shape index (κ2) is 5.94. The van der Waals surface area contributed by atoms with Crippen LogP contribution in [0.5, 0.6) is 0 Å². The Morgan fingerprint density at radius 2 is 1.70 bits per heavy atom. The fourth-order valence-corrected chi connectivity index (χ4v) is 4.60. The number of hydrogen-bond donors (Lipinski definition) is 1. The van der Waals surface area contributed by atoms with Gasteiger partial charge in [0.1, 0.15) is 5.76 Å². The van der Waals surface area contributed by atoms with Gasteiger partial charge in [0.15, 0.2) is 0 Å². The first-order valence-electron chi connectivity index (χ1n) is 9.10. The van der Waals surface area contributed by atoms with Crippen molar-refractivity contribution >= 4 is 23.4 Å². The minimum atomic E-state index is -0.240. The summed E-state index contributed by atoms with van der Waals surface area (Å²) in [6.45, 7) is 0.301. The van der Waals surface area contributed by atoms with E-state index in [1.54, 1.807) is 42.7 Å². The monoisotopic (exact) mass is 362 g/mol. The van der Waals surface area contributed by atoms with Crippen molar-refractivity contribution in [1.29, 1.82) is 0 Å². The molecule has 5 rings (SSSR count). The van der Waals surface area contributed by atoms with Crippen molar-refractivity contribution in [3.63, 3.8) is 0 Å². The lowest BCUT2D eigenvalue weighted by Gasteiger charge is -2.17. The second-order valence-corrected chi connectivity index (χ2v) is 7.32. The van der Waals surface area contributed by atoms with Crippen LogP contribution in [0.2, 0.25) is 0 Å². The molecule has 2 aliphatic carbocycles. The molecular weight excluding hydrogens is 344 g/mol. The van der Waals surface area contributed by atoms with Crippen molar-refractivity contribution in [1.82, 2.24) is 5.32 Å². The number of nitrogens with zero attached hydrogens (tertiary/aromatic N) is 1. The fourth-order valence-electron chi connectivity index (χ4n) is 4.60. The van der Waals surface area contributed by atoms with Gasteiger partial charge in [0, 0.05) is 5.56 Å². The van der Waals surface area contributed by atoms with Crippen LogP contribution in [0.25, 0.3) is 0 Å². The maximum Gasteiger partial charge on any atom is 0.251 e. The summed E-state index contributed by atoms with van der Waals surface area (Å²) in [4.78, 5) is 39.2. The Bertz CT molecular complexity index is 915. The van der Waals surface area contributed by atoms with E-state index in [0.29, 0.717) is 23.6 Å². The van der Waals surface area contributed by atoms with Crippen molar-refractivity contribution in [3.8, 4) is 0 Å². The number of allylic oxidation sites excluding steroid dienone is 2. The molecule has 1 saturated heterocycles. The van der Waals surface area contributed by atoms with E-state index in [1.807, 2.05) is 0 Å². The number of carbonyl (C=O) groups is 3. The van der Waals surface area contributed by atoms with Crippen molar-refractivity contribution in [2.75, 3.05) is 4.90 Å². The second-order valence-electron chi connectivity index (χ2n) is 7.32. The predicted molar refractivity (Wildman–Crippen MR) is 96.5 cm³/mol. The first-order valence-corrected chi connectivity index (χ1v) is 9.10. The summed E-state index contributed by atoms with van der Waals surface area (Å²) in [5.41, 5.74) is 0.993. The van der Waals surface area contributed by atoms with E-state index >= 15 is 0 Å². The van der Waals surface area contributed by atoms with Gasteiger partial charge in [-0.15, -0.1) is 0 Å². The number of fused-ring (bicyclic) bond motifs is 5. The number of rotatable bonds is 4. The van der Waals surface area contributed by atoms with Crippen molar-refractivity contribution in [2.45, 2.75) is 13.0 Å². The Labute approximate surface area is 155 Å². The number of imide groups is 1. The van der Waals surface area contributed by atoms with E-state index in [2.05, 4.69) is 17.5 Å². The summed E-state index contributed by atoms with van der Waals surface area (Å²) in [6, 6.07) is 10.1. The molecule has 1 aromatic heterocycles. The van der Waals surface area contributed by atoms with Gasteiger partial charge in [0.05, 0.1) is 30.3 Å². The van der Waals surface area contributed by atoms with Gasteiger partial charge in [-0.05, 0) is 54.7 Å². The molecule has 6 heteroatoms. The molecule has 4 atom stereocenters. The van der Waals surface area contributed by atoms with Crippen LogP contribution in [-0.4, -0.2) is 17.7 Å². The summed E-state index contributed by atoms with van der Waals surface area (Å²) >= 11 is 0. The van der Waals surface area contributed by atoms with Gasteiger partial charge in [-0.2, -0.15) is 0 Å². The third-order valence-electron chi connectivity index (χ3n) is 5.86. The van der Waals surface area contributed by atoms with Crippen molar-refractivity contribution < 1.29 is 18.8 Å². The van der Waals surface area contributed by atoms with Gasteiger partial charge in [0.2, 0.25) is 11.8 Å². The Hall–Kier alpha value is -3.15.